The summed E-state index contributed by atoms with van der Waals surface area (Å²) in [5, 5.41) is 2.84. The fourth-order valence-corrected chi connectivity index (χ4v) is 3.00. The van der Waals surface area contributed by atoms with Gasteiger partial charge in [-0.15, -0.1) is 11.8 Å². The van der Waals surface area contributed by atoms with Gasteiger partial charge in [0.1, 0.15) is 5.75 Å². The predicted molar refractivity (Wildman–Crippen MR) is 101 cm³/mol. The lowest BCUT2D eigenvalue weighted by atomic mass is 10.2. The van der Waals surface area contributed by atoms with Crippen molar-refractivity contribution in [2.45, 2.75) is 11.3 Å². The van der Waals surface area contributed by atoms with Gasteiger partial charge >= 0.3 is 0 Å². The van der Waals surface area contributed by atoms with Crippen molar-refractivity contribution < 1.29 is 14.3 Å². The number of nitrogens with zero attached hydrogens (tertiary/aromatic N) is 1. The maximum atomic E-state index is 12.1. The van der Waals surface area contributed by atoms with E-state index in [4.69, 9.17) is 4.74 Å². The van der Waals surface area contributed by atoms with Crippen LogP contribution in [-0.2, 0) is 4.79 Å². The molecule has 0 saturated heterocycles. The van der Waals surface area contributed by atoms with Gasteiger partial charge in [-0.05, 0) is 42.5 Å². The predicted octanol–water partition coefficient (Wildman–Crippen LogP) is 3.52. The van der Waals surface area contributed by atoms with Crippen LogP contribution in [0.4, 0.5) is 5.69 Å². The maximum absolute atomic E-state index is 12.1. The number of rotatable bonds is 7. The molecule has 132 valence electrons. The average Bonchev–Trinajstić information content (AvgIpc) is 2.61. The van der Waals surface area contributed by atoms with Gasteiger partial charge in [0, 0.05) is 42.4 Å². The standard InChI is InChI=1S/C19H22N2O3S/c1-21(2)19(23)14-5-4-6-15(13-14)20-18(22)11-12-25-17-9-7-16(24-3)8-10-17/h4-10,13H,11-12H2,1-3H3,(H,20,22). The van der Waals surface area contributed by atoms with E-state index in [1.165, 1.54) is 4.90 Å². The second kappa shape index (κ2) is 9.13. The molecule has 0 aliphatic rings. The second-order valence-corrected chi connectivity index (χ2v) is 6.77. The Labute approximate surface area is 152 Å². The fraction of sp³-hybridized carbons (Fsp3) is 0.263. The third kappa shape index (κ3) is 5.83. The molecule has 2 amide bonds. The number of hydrogen-bond donors (Lipinski definition) is 1. The van der Waals surface area contributed by atoms with Gasteiger partial charge in [-0.1, -0.05) is 6.07 Å². The molecule has 2 aromatic carbocycles. The Hall–Kier alpha value is -2.47. The van der Waals surface area contributed by atoms with Crippen molar-refractivity contribution in [1.82, 2.24) is 4.90 Å². The van der Waals surface area contributed by atoms with Crippen molar-refractivity contribution >= 4 is 29.3 Å². The monoisotopic (exact) mass is 358 g/mol. The van der Waals surface area contributed by atoms with Crippen LogP contribution in [0.2, 0.25) is 0 Å². The summed E-state index contributed by atoms with van der Waals surface area (Å²) in [5.74, 6) is 1.32. The summed E-state index contributed by atoms with van der Waals surface area (Å²) in [6.07, 6.45) is 0.391. The number of carbonyl (C=O) groups excluding carboxylic acids is 2. The van der Waals surface area contributed by atoms with Crippen LogP contribution in [0.25, 0.3) is 0 Å². The number of nitrogens with one attached hydrogen (secondary N) is 1. The normalized spacial score (nSPS) is 10.2. The maximum Gasteiger partial charge on any atom is 0.253 e. The first-order chi connectivity index (χ1) is 12.0. The number of anilines is 1. The minimum atomic E-state index is -0.0915. The number of hydrogen-bond acceptors (Lipinski definition) is 4. The van der Waals surface area contributed by atoms with Crippen LogP contribution >= 0.6 is 11.8 Å². The Morgan fingerprint density at radius 3 is 2.48 bits per heavy atom. The lowest BCUT2D eigenvalue weighted by molar-refractivity contribution is -0.115. The first kappa shape index (κ1) is 18.9. The molecule has 2 aromatic rings. The summed E-state index contributed by atoms with van der Waals surface area (Å²) in [6, 6.07) is 14.7. The van der Waals surface area contributed by atoms with Gasteiger partial charge in [0.2, 0.25) is 5.91 Å². The molecule has 1 N–H and O–H groups in total. The minimum absolute atomic E-state index is 0.0736. The molecule has 0 aromatic heterocycles. The van der Waals surface area contributed by atoms with Crippen molar-refractivity contribution in [2.24, 2.45) is 0 Å². The highest BCUT2D eigenvalue weighted by Crippen LogP contribution is 2.22. The topological polar surface area (TPSA) is 58.6 Å². The highest BCUT2D eigenvalue weighted by atomic mass is 32.2. The van der Waals surface area contributed by atoms with Gasteiger partial charge in [-0.2, -0.15) is 0 Å². The van der Waals surface area contributed by atoms with Gasteiger partial charge in [-0.3, -0.25) is 9.59 Å². The van der Waals surface area contributed by atoms with E-state index in [1.54, 1.807) is 57.2 Å². The van der Waals surface area contributed by atoms with Crippen LogP contribution in [0.15, 0.2) is 53.4 Å². The molecular formula is C19H22N2O3S. The lowest BCUT2D eigenvalue weighted by Crippen LogP contribution is -2.22. The number of ether oxygens (including phenoxy) is 1. The van der Waals surface area contributed by atoms with E-state index in [1.807, 2.05) is 24.3 Å². The lowest BCUT2D eigenvalue weighted by Gasteiger charge is -2.11. The van der Waals surface area contributed by atoms with Crippen LogP contribution in [0.1, 0.15) is 16.8 Å². The molecule has 0 heterocycles. The third-order valence-electron chi connectivity index (χ3n) is 3.46. The molecule has 2 rings (SSSR count). The fourth-order valence-electron chi connectivity index (χ4n) is 2.15. The molecule has 0 radical (unpaired) electrons. The number of methoxy groups -OCH3 is 1. The van der Waals surface area contributed by atoms with E-state index in [0.29, 0.717) is 23.4 Å². The van der Waals surface area contributed by atoms with Crippen molar-refractivity contribution in [3.8, 4) is 5.75 Å². The van der Waals surface area contributed by atoms with Gasteiger partial charge in [0.15, 0.2) is 0 Å². The molecule has 5 nitrogen and oxygen atoms in total. The van der Waals surface area contributed by atoms with Crippen molar-refractivity contribution in [3.63, 3.8) is 0 Å². The van der Waals surface area contributed by atoms with Crippen molar-refractivity contribution in [3.05, 3.63) is 54.1 Å². The van der Waals surface area contributed by atoms with E-state index in [-0.39, 0.29) is 11.8 Å². The number of carbonyl (C=O) groups is 2. The number of thioether (sulfide) groups is 1. The highest BCUT2D eigenvalue weighted by Gasteiger charge is 2.09. The van der Waals surface area contributed by atoms with Crippen molar-refractivity contribution in [2.75, 3.05) is 32.3 Å². The van der Waals surface area contributed by atoms with E-state index in [9.17, 15) is 9.59 Å². The molecule has 0 fully saturated rings. The summed E-state index contributed by atoms with van der Waals surface area (Å²) in [7, 11) is 5.03. The Balaban J connectivity index is 1.83. The van der Waals surface area contributed by atoms with Gasteiger partial charge in [0.25, 0.3) is 5.91 Å². The summed E-state index contributed by atoms with van der Waals surface area (Å²) in [6.45, 7) is 0. The van der Waals surface area contributed by atoms with E-state index < -0.39 is 0 Å². The molecule has 0 aliphatic heterocycles. The van der Waals surface area contributed by atoms with Crippen LogP contribution in [0.5, 0.6) is 5.75 Å². The van der Waals surface area contributed by atoms with Gasteiger partial charge in [-0.25, -0.2) is 0 Å². The molecular weight excluding hydrogens is 336 g/mol. The summed E-state index contributed by atoms with van der Waals surface area (Å²) >= 11 is 1.61. The zero-order valence-electron chi connectivity index (χ0n) is 14.6. The smallest absolute Gasteiger partial charge is 0.253 e. The minimum Gasteiger partial charge on any atom is -0.497 e. The number of amides is 2. The van der Waals surface area contributed by atoms with E-state index >= 15 is 0 Å². The summed E-state index contributed by atoms with van der Waals surface area (Å²) in [4.78, 5) is 26.6. The summed E-state index contributed by atoms with van der Waals surface area (Å²) in [5.41, 5.74) is 1.18. The van der Waals surface area contributed by atoms with Crippen LogP contribution in [-0.4, -0.2) is 43.7 Å². The summed E-state index contributed by atoms with van der Waals surface area (Å²) < 4.78 is 5.12. The molecule has 0 bridgehead atoms. The first-order valence-corrected chi connectivity index (χ1v) is 8.86. The molecule has 25 heavy (non-hydrogen) atoms. The van der Waals surface area contributed by atoms with E-state index in [2.05, 4.69) is 5.32 Å². The molecule has 0 aliphatic carbocycles. The second-order valence-electron chi connectivity index (χ2n) is 5.60. The highest BCUT2D eigenvalue weighted by molar-refractivity contribution is 7.99. The van der Waals surface area contributed by atoms with E-state index in [0.717, 1.165) is 10.6 Å². The number of benzene rings is 2. The average molecular weight is 358 g/mol. The first-order valence-electron chi connectivity index (χ1n) is 7.88. The Morgan fingerprint density at radius 2 is 1.84 bits per heavy atom. The molecule has 6 heteroatoms. The quantitative estimate of drug-likeness (QED) is 0.770. The molecule has 0 spiro atoms. The zero-order valence-corrected chi connectivity index (χ0v) is 15.4. The molecule has 0 unspecified atom stereocenters. The largest absolute Gasteiger partial charge is 0.497 e. The Morgan fingerprint density at radius 1 is 1.12 bits per heavy atom. The van der Waals surface area contributed by atoms with Crippen molar-refractivity contribution in [1.29, 1.82) is 0 Å². The Bertz CT molecular complexity index is 730. The van der Waals surface area contributed by atoms with Gasteiger partial charge < -0.3 is 15.0 Å². The zero-order chi connectivity index (χ0) is 18.2. The third-order valence-corrected chi connectivity index (χ3v) is 4.47. The van der Waals surface area contributed by atoms with Crippen LogP contribution in [0, 0.1) is 0 Å². The van der Waals surface area contributed by atoms with Crippen LogP contribution < -0.4 is 10.1 Å². The SMILES string of the molecule is COc1ccc(SCCC(=O)Nc2cccc(C(=O)N(C)C)c2)cc1. The molecule has 0 atom stereocenters. The van der Waals surface area contributed by atoms with Crippen LogP contribution in [0.3, 0.4) is 0 Å². The Kier molecular flexibility index (Phi) is 6.89. The molecule has 0 saturated carbocycles. The van der Waals surface area contributed by atoms with Gasteiger partial charge in [0.05, 0.1) is 7.11 Å².